The third-order valence-corrected chi connectivity index (χ3v) is 5.55. The molecule has 1 atom stereocenters. The van der Waals surface area contributed by atoms with Gasteiger partial charge in [0.25, 0.3) is 11.8 Å². The van der Waals surface area contributed by atoms with Crippen molar-refractivity contribution in [3.8, 4) is 0 Å². The minimum Gasteiger partial charge on any atom is -0.322 e. The molecule has 1 unspecified atom stereocenters. The highest BCUT2D eigenvalue weighted by Crippen LogP contribution is 2.36. The van der Waals surface area contributed by atoms with E-state index >= 15 is 0 Å². The Balaban J connectivity index is 1.70. The third-order valence-electron chi connectivity index (χ3n) is 5.55. The molecule has 7 heteroatoms. The number of aryl methyl sites for hydroxylation is 1. The number of benzene rings is 2. The number of likely N-dealkylation sites (N-methyl/N-ethyl adjacent to an activating group) is 1. The molecule has 0 spiro atoms. The van der Waals surface area contributed by atoms with Crippen molar-refractivity contribution < 1.29 is 19.3 Å². The second-order valence-corrected chi connectivity index (χ2v) is 8.37. The largest absolute Gasteiger partial charge is 0.322 e. The molecule has 0 aromatic heterocycles. The van der Waals surface area contributed by atoms with E-state index in [-0.39, 0.29) is 30.8 Å². The number of carbonyl (C=O) groups is 3. The monoisotopic (exact) mass is 409 g/mol. The van der Waals surface area contributed by atoms with Gasteiger partial charge in [-0.3, -0.25) is 19.3 Å². The van der Waals surface area contributed by atoms with E-state index < -0.39 is 5.54 Å². The molecule has 2 aromatic rings. The first kappa shape index (κ1) is 21.5. The molecule has 3 rings (SSSR count). The minimum atomic E-state index is -1.02. The maximum Gasteiger partial charge on any atom is 0.283 e. The summed E-state index contributed by atoms with van der Waals surface area (Å²) in [6.07, 6.45) is 0. The Hall–Kier alpha value is -3.19. The molecule has 1 heterocycles. The topological polar surface area (TPSA) is 82.9 Å². The van der Waals surface area contributed by atoms with Gasteiger partial charge in [0.15, 0.2) is 13.1 Å². The molecule has 3 amide bonds. The van der Waals surface area contributed by atoms with E-state index in [1.807, 2.05) is 50.2 Å². The zero-order valence-electron chi connectivity index (χ0n) is 18.1. The maximum atomic E-state index is 13.2. The second-order valence-electron chi connectivity index (χ2n) is 8.37. The van der Waals surface area contributed by atoms with Gasteiger partial charge in [-0.2, -0.15) is 0 Å². The molecule has 3 N–H and O–H groups in total. The molecular weight excluding hydrogens is 380 g/mol. The number of hydrogen-bond acceptors (Lipinski definition) is 3. The van der Waals surface area contributed by atoms with Gasteiger partial charge in [0.05, 0.1) is 18.4 Å². The van der Waals surface area contributed by atoms with Gasteiger partial charge in [0.2, 0.25) is 5.91 Å². The number of carbonyl (C=O) groups excluding carboxylic acids is 3. The molecule has 1 aliphatic rings. The highest BCUT2D eigenvalue weighted by molar-refractivity contribution is 6.14. The summed E-state index contributed by atoms with van der Waals surface area (Å²) >= 11 is 0. The molecule has 7 nitrogen and oxygen atoms in total. The van der Waals surface area contributed by atoms with Crippen molar-refractivity contribution in [3.05, 3.63) is 53.6 Å². The van der Waals surface area contributed by atoms with Crippen molar-refractivity contribution in [2.24, 2.45) is 0 Å². The van der Waals surface area contributed by atoms with Crippen LogP contribution in [0.4, 0.5) is 17.1 Å². The Morgan fingerprint density at radius 3 is 2.50 bits per heavy atom. The van der Waals surface area contributed by atoms with Crippen LogP contribution in [0.5, 0.6) is 0 Å². The predicted octanol–water partition coefficient (Wildman–Crippen LogP) is 1.52. The number of anilines is 3. The molecular formula is C23H29N4O3+. The Bertz CT molecular complexity index is 1000. The smallest absolute Gasteiger partial charge is 0.283 e. The Morgan fingerprint density at radius 1 is 1.07 bits per heavy atom. The van der Waals surface area contributed by atoms with Crippen molar-refractivity contribution in [1.29, 1.82) is 0 Å². The van der Waals surface area contributed by atoms with Crippen LogP contribution in [0.3, 0.4) is 0 Å². The van der Waals surface area contributed by atoms with Crippen LogP contribution in [0.2, 0.25) is 0 Å². The summed E-state index contributed by atoms with van der Waals surface area (Å²) in [5.74, 6) is -0.607. The van der Waals surface area contributed by atoms with Crippen LogP contribution < -0.4 is 20.4 Å². The van der Waals surface area contributed by atoms with Gasteiger partial charge in [-0.05, 0) is 57.0 Å². The lowest BCUT2D eigenvalue weighted by atomic mass is 9.96. The Labute approximate surface area is 177 Å². The van der Waals surface area contributed by atoms with Crippen LogP contribution >= 0.6 is 0 Å². The van der Waals surface area contributed by atoms with Crippen molar-refractivity contribution in [2.45, 2.75) is 33.2 Å². The van der Waals surface area contributed by atoms with Crippen LogP contribution in [0.15, 0.2) is 42.5 Å². The SMILES string of the molecule is Cc1cccc(NC(=O)C[NH+](C)CC(=O)N2c3ccccc3NC(=O)C2(C)C)c1C. The fourth-order valence-electron chi connectivity index (χ4n) is 3.65. The maximum absolute atomic E-state index is 13.2. The molecule has 0 saturated carbocycles. The molecule has 158 valence electrons. The number of fused-ring (bicyclic) bond motifs is 1. The number of nitrogens with one attached hydrogen (secondary N) is 3. The summed E-state index contributed by atoms with van der Waals surface area (Å²) in [5, 5.41) is 5.78. The summed E-state index contributed by atoms with van der Waals surface area (Å²) in [4.78, 5) is 40.5. The van der Waals surface area contributed by atoms with Crippen LogP contribution in [0.25, 0.3) is 0 Å². The molecule has 0 bridgehead atoms. The van der Waals surface area contributed by atoms with E-state index in [0.717, 1.165) is 21.7 Å². The van der Waals surface area contributed by atoms with E-state index in [0.29, 0.717) is 11.4 Å². The lowest BCUT2D eigenvalue weighted by Gasteiger charge is -2.42. The highest BCUT2D eigenvalue weighted by atomic mass is 16.2. The normalized spacial score (nSPS) is 15.8. The van der Waals surface area contributed by atoms with E-state index in [1.54, 1.807) is 27.0 Å². The second kappa shape index (κ2) is 8.28. The van der Waals surface area contributed by atoms with E-state index in [9.17, 15) is 14.4 Å². The van der Waals surface area contributed by atoms with E-state index in [1.165, 1.54) is 4.90 Å². The molecule has 0 saturated heterocycles. The number of nitrogens with zero attached hydrogens (tertiary/aromatic N) is 1. The lowest BCUT2D eigenvalue weighted by Crippen LogP contribution is -3.11. The zero-order chi connectivity index (χ0) is 22.1. The summed E-state index contributed by atoms with van der Waals surface area (Å²) in [7, 11) is 1.80. The number of quaternary nitrogens is 1. The van der Waals surface area contributed by atoms with Gasteiger partial charge in [-0.1, -0.05) is 24.3 Å². The van der Waals surface area contributed by atoms with Crippen LogP contribution in [-0.4, -0.2) is 43.4 Å². The molecule has 30 heavy (non-hydrogen) atoms. The summed E-state index contributed by atoms with van der Waals surface area (Å²) < 4.78 is 0. The first-order chi connectivity index (χ1) is 14.1. The fourth-order valence-corrected chi connectivity index (χ4v) is 3.65. The van der Waals surface area contributed by atoms with Gasteiger partial charge in [0.1, 0.15) is 5.54 Å². The Kier molecular flexibility index (Phi) is 5.94. The third kappa shape index (κ3) is 4.21. The minimum absolute atomic E-state index is 0.0886. The van der Waals surface area contributed by atoms with Crippen LogP contribution in [-0.2, 0) is 14.4 Å². The average Bonchev–Trinajstić information content (AvgIpc) is 2.65. The van der Waals surface area contributed by atoms with Crippen molar-refractivity contribution in [1.82, 2.24) is 0 Å². The zero-order valence-corrected chi connectivity index (χ0v) is 18.1. The number of amides is 3. The quantitative estimate of drug-likeness (QED) is 0.700. The molecule has 2 aromatic carbocycles. The van der Waals surface area contributed by atoms with E-state index in [2.05, 4.69) is 10.6 Å². The number of para-hydroxylation sites is 2. The van der Waals surface area contributed by atoms with Crippen molar-refractivity contribution in [3.63, 3.8) is 0 Å². The summed E-state index contributed by atoms with van der Waals surface area (Å²) in [6.45, 7) is 7.63. The number of rotatable bonds is 5. The van der Waals surface area contributed by atoms with Gasteiger partial charge in [-0.15, -0.1) is 0 Å². The van der Waals surface area contributed by atoms with Crippen molar-refractivity contribution >= 4 is 34.8 Å². The van der Waals surface area contributed by atoms with E-state index in [4.69, 9.17) is 0 Å². The average molecular weight is 410 g/mol. The Morgan fingerprint density at radius 2 is 1.77 bits per heavy atom. The molecule has 0 aliphatic carbocycles. The van der Waals surface area contributed by atoms with Gasteiger partial charge in [0, 0.05) is 5.69 Å². The van der Waals surface area contributed by atoms with Crippen LogP contribution in [0.1, 0.15) is 25.0 Å². The first-order valence-corrected chi connectivity index (χ1v) is 10.0. The highest BCUT2D eigenvalue weighted by Gasteiger charge is 2.44. The molecule has 1 aliphatic heterocycles. The standard InChI is InChI=1S/C23H28N4O3/c1-15-9-8-11-17(16(15)2)24-20(28)13-26(5)14-21(29)27-19-12-7-6-10-18(19)25-22(30)23(27,3)4/h6-12H,13-14H2,1-5H3,(H,24,28)(H,25,30)/p+1. The van der Waals surface area contributed by atoms with Crippen LogP contribution in [0, 0.1) is 13.8 Å². The van der Waals surface area contributed by atoms with Gasteiger partial charge < -0.3 is 15.5 Å². The van der Waals surface area contributed by atoms with Crippen molar-refractivity contribution in [2.75, 3.05) is 35.7 Å². The summed E-state index contributed by atoms with van der Waals surface area (Å²) in [6, 6.07) is 13.0. The fraction of sp³-hybridized carbons (Fsp3) is 0.348. The van der Waals surface area contributed by atoms with Gasteiger partial charge >= 0.3 is 0 Å². The molecule has 0 radical (unpaired) electrons. The summed E-state index contributed by atoms with van der Waals surface area (Å²) in [5.41, 5.74) is 3.17. The number of hydrogen-bond donors (Lipinski definition) is 3. The first-order valence-electron chi connectivity index (χ1n) is 10.0. The van der Waals surface area contributed by atoms with Gasteiger partial charge in [-0.25, -0.2) is 0 Å². The molecule has 0 fully saturated rings. The predicted molar refractivity (Wildman–Crippen MR) is 118 cm³/mol. The lowest BCUT2D eigenvalue weighted by molar-refractivity contribution is -0.862.